The van der Waals surface area contributed by atoms with E-state index in [2.05, 4.69) is 12.6 Å². The van der Waals surface area contributed by atoms with E-state index in [0.717, 1.165) is 50.5 Å². The van der Waals surface area contributed by atoms with Crippen molar-refractivity contribution in [1.29, 1.82) is 0 Å². The van der Waals surface area contributed by atoms with E-state index in [4.69, 9.17) is 4.98 Å². The van der Waals surface area contributed by atoms with Crippen LogP contribution in [0.25, 0.3) is 5.69 Å². The third-order valence-electron chi connectivity index (χ3n) is 3.46. The topological polar surface area (TPSA) is 34.9 Å². The molecule has 1 aromatic carbocycles. The predicted octanol–water partition coefficient (Wildman–Crippen LogP) is 3.78. The summed E-state index contributed by atoms with van der Waals surface area (Å²) < 4.78 is 1.76. The average molecular weight is 330 g/mol. The maximum atomic E-state index is 12.9. The van der Waals surface area contributed by atoms with Gasteiger partial charge in [-0.3, -0.25) is 9.36 Å². The smallest absolute Gasteiger partial charge is 0.268 e. The van der Waals surface area contributed by atoms with E-state index < -0.39 is 0 Å². The lowest BCUT2D eigenvalue weighted by atomic mass is 10.1. The summed E-state index contributed by atoms with van der Waals surface area (Å²) in [6, 6.07) is 6.20. The molecule has 1 aliphatic heterocycles. The highest BCUT2D eigenvalue weighted by Gasteiger charge is 2.22. The van der Waals surface area contributed by atoms with Crippen LogP contribution >= 0.6 is 23.5 Å². The van der Waals surface area contributed by atoms with Gasteiger partial charge in [0.05, 0.1) is 16.3 Å². The first-order valence-electron chi connectivity index (χ1n) is 7.21. The number of hydrogen-bond acceptors (Lipinski definition) is 4. The first kappa shape index (κ1) is 15.4. The molecule has 0 bridgehead atoms. The number of rotatable bonds is 4. The number of benzene rings is 1. The van der Waals surface area contributed by atoms with Gasteiger partial charge in [-0.25, -0.2) is 4.98 Å². The molecule has 1 aromatic heterocycles. The average Bonchev–Trinajstić information content (AvgIpc) is 2.92. The van der Waals surface area contributed by atoms with E-state index >= 15 is 0 Å². The quantitative estimate of drug-likeness (QED) is 0.485. The molecule has 0 atom stereocenters. The van der Waals surface area contributed by atoms with Gasteiger partial charge in [0.2, 0.25) is 0 Å². The molecule has 0 spiro atoms. The number of aryl methyl sites for hydroxylation is 3. The summed E-state index contributed by atoms with van der Waals surface area (Å²) in [4.78, 5) is 18.5. The summed E-state index contributed by atoms with van der Waals surface area (Å²) in [5, 5.41) is 0.760. The zero-order valence-electron chi connectivity index (χ0n) is 12.8. The Bertz CT molecular complexity index is 776. The molecule has 114 valence electrons. The molecular formula is C17H18N2OS2. The highest BCUT2D eigenvalue weighted by molar-refractivity contribution is 7.99. The molecule has 0 N–H and O–H groups in total. The number of hydrogen-bond donors (Lipinski definition) is 0. The Morgan fingerprint density at radius 3 is 2.77 bits per heavy atom. The standard InChI is InChI=1S/C17H18N2OS2/c1-4-6-22-17-18-14-5-7-21-15(14)16(20)19(17)13-9-11(2)8-12(3)10-13/h4,8-10H,1,5-7H2,2-3H3. The first-order valence-corrected chi connectivity index (χ1v) is 9.18. The van der Waals surface area contributed by atoms with Crippen molar-refractivity contribution < 1.29 is 0 Å². The summed E-state index contributed by atoms with van der Waals surface area (Å²) in [6.45, 7) is 7.86. The number of nitrogens with zero attached hydrogens (tertiary/aromatic N) is 2. The van der Waals surface area contributed by atoms with Crippen molar-refractivity contribution in [1.82, 2.24) is 9.55 Å². The Balaban J connectivity index is 2.23. The zero-order chi connectivity index (χ0) is 15.7. The normalized spacial score (nSPS) is 13.2. The van der Waals surface area contributed by atoms with Gasteiger partial charge >= 0.3 is 0 Å². The Morgan fingerprint density at radius 2 is 2.09 bits per heavy atom. The van der Waals surface area contributed by atoms with Crippen molar-refractivity contribution in [2.45, 2.75) is 30.3 Å². The summed E-state index contributed by atoms with van der Waals surface area (Å²) in [5.41, 5.74) is 4.20. The number of fused-ring (bicyclic) bond motifs is 1. The van der Waals surface area contributed by atoms with Crippen LogP contribution in [0.15, 0.2) is 45.7 Å². The fraction of sp³-hybridized carbons (Fsp3) is 0.294. The van der Waals surface area contributed by atoms with E-state index in [0.29, 0.717) is 0 Å². The van der Waals surface area contributed by atoms with Gasteiger partial charge in [0.15, 0.2) is 5.16 Å². The summed E-state index contributed by atoms with van der Waals surface area (Å²) in [6.07, 6.45) is 2.72. The van der Waals surface area contributed by atoms with Crippen LogP contribution in [-0.2, 0) is 6.42 Å². The Kier molecular flexibility index (Phi) is 4.45. The molecule has 22 heavy (non-hydrogen) atoms. The van der Waals surface area contributed by atoms with E-state index in [1.54, 1.807) is 28.1 Å². The zero-order valence-corrected chi connectivity index (χ0v) is 14.4. The minimum Gasteiger partial charge on any atom is -0.268 e. The molecule has 0 saturated carbocycles. The number of thioether (sulfide) groups is 2. The third kappa shape index (κ3) is 2.88. The minimum atomic E-state index is 0.0593. The molecule has 2 heterocycles. The number of aromatic nitrogens is 2. The second-order valence-corrected chi connectivity index (χ2v) is 7.45. The van der Waals surface area contributed by atoms with Crippen molar-refractivity contribution in [3.05, 3.63) is 58.0 Å². The Morgan fingerprint density at radius 1 is 1.36 bits per heavy atom. The molecule has 0 unspecified atom stereocenters. The Labute approximate surface area is 138 Å². The van der Waals surface area contributed by atoms with Gasteiger partial charge < -0.3 is 0 Å². The van der Waals surface area contributed by atoms with Gasteiger partial charge in [0.1, 0.15) is 0 Å². The van der Waals surface area contributed by atoms with Gasteiger partial charge in [-0.2, -0.15) is 0 Å². The molecule has 0 radical (unpaired) electrons. The summed E-state index contributed by atoms with van der Waals surface area (Å²) >= 11 is 3.18. The van der Waals surface area contributed by atoms with Crippen LogP contribution < -0.4 is 5.56 Å². The molecule has 3 nitrogen and oxygen atoms in total. The van der Waals surface area contributed by atoms with Crippen molar-refractivity contribution in [2.24, 2.45) is 0 Å². The highest BCUT2D eigenvalue weighted by Crippen LogP contribution is 2.30. The lowest BCUT2D eigenvalue weighted by Crippen LogP contribution is -2.24. The predicted molar refractivity (Wildman–Crippen MR) is 94.7 cm³/mol. The monoisotopic (exact) mass is 330 g/mol. The molecule has 0 saturated heterocycles. The molecular weight excluding hydrogens is 312 g/mol. The maximum absolute atomic E-state index is 12.9. The second kappa shape index (κ2) is 6.34. The van der Waals surface area contributed by atoms with Crippen LogP contribution in [0.1, 0.15) is 16.8 Å². The molecule has 2 aromatic rings. The van der Waals surface area contributed by atoms with Crippen LogP contribution in [0.3, 0.4) is 0 Å². The van der Waals surface area contributed by atoms with Gasteiger partial charge in [-0.15, -0.1) is 18.3 Å². The molecule has 1 aliphatic rings. The van der Waals surface area contributed by atoms with E-state index in [1.807, 2.05) is 32.1 Å². The maximum Gasteiger partial charge on any atom is 0.272 e. The van der Waals surface area contributed by atoms with Gasteiger partial charge in [0, 0.05) is 17.9 Å². The highest BCUT2D eigenvalue weighted by atomic mass is 32.2. The summed E-state index contributed by atoms with van der Waals surface area (Å²) in [5.74, 6) is 1.68. The van der Waals surface area contributed by atoms with Crippen LogP contribution in [-0.4, -0.2) is 21.1 Å². The van der Waals surface area contributed by atoms with Crippen LogP contribution in [0.2, 0.25) is 0 Å². The first-order chi connectivity index (χ1) is 10.6. The van der Waals surface area contributed by atoms with Gasteiger partial charge in [0.25, 0.3) is 5.56 Å². The molecule has 0 fully saturated rings. The molecule has 5 heteroatoms. The van der Waals surface area contributed by atoms with Crippen molar-refractivity contribution in [3.63, 3.8) is 0 Å². The largest absolute Gasteiger partial charge is 0.272 e. The van der Waals surface area contributed by atoms with Gasteiger partial charge in [-0.1, -0.05) is 23.9 Å². The van der Waals surface area contributed by atoms with Crippen molar-refractivity contribution in [2.75, 3.05) is 11.5 Å². The van der Waals surface area contributed by atoms with E-state index in [-0.39, 0.29) is 5.56 Å². The van der Waals surface area contributed by atoms with E-state index in [1.165, 1.54) is 0 Å². The molecule has 3 rings (SSSR count). The third-order valence-corrected chi connectivity index (χ3v) is 5.50. The Hall–Kier alpha value is -1.46. The fourth-order valence-electron chi connectivity index (χ4n) is 2.63. The van der Waals surface area contributed by atoms with Crippen LogP contribution in [0.5, 0.6) is 0 Å². The van der Waals surface area contributed by atoms with Crippen molar-refractivity contribution in [3.8, 4) is 5.69 Å². The SMILES string of the molecule is C=CCSc1nc2c(c(=O)n1-c1cc(C)cc(C)c1)SCC2. The lowest BCUT2D eigenvalue weighted by molar-refractivity contribution is 0.739. The second-order valence-electron chi connectivity index (χ2n) is 5.35. The fourth-order valence-corrected chi connectivity index (χ4v) is 4.42. The van der Waals surface area contributed by atoms with Gasteiger partial charge in [-0.05, 0) is 37.1 Å². The lowest BCUT2D eigenvalue weighted by Gasteiger charge is -2.14. The summed E-state index contributed by atoms with van der Waals surface area (Å²) in [7, 11) is 0. The van der Waals surface area contributed by atoms with Crippen LogP contribution in [0.4, 0.5) is 0 Å². The molecule has 0 aliphatic carbocycles. The molecule has 0 amide bonds. The van der Waals surface area contributed by atoms with E-state index in [9.17, 15) is 4.79 Å². The van der Waals surface area contributed by atoms with Crippen LogP contribution in [0, 0.1) is 13.8 Å². The van der Waals surface area contributed by atoms with Crippen molar-refractivity contribution >= 4 is 23.5 Å². The minimum absolute atomic E-state index is 0.0593.